The van der Waals surface area contributed by atoms with Gasteiger partial charge in [-0.15, -0.1) is 0 Å². The molecule has 0 aliphatic rings. The summed E-state index contributed by atoms with van der Waals surface area (Å²) in [7, 11) is 0. The number of anilines is 1. The van der Waals surface area contributed by atoms with Gasteiger partial charge < -0.3 is 9.47 Å². The Morgan fingerprint density at radius 2 is 1.73 bits per heavy atom. The van der Waals surface area contributed by atoms with E-state index in [1.54, 1.807) is 4.90 Å². The lowest BCUT2D eigenvalue weighted by Crippen LogP contribution is -2.32. The minimum absolute atomic E-state index is 0.0641. The Bertz CT molecular complexity index is 1100. The van der Waals surface area contributed by atoms with Gasteiger partial charge in [-0.3, -0.25) is 9.59 Å². The molecule has 0 N–H and O–H groups in total. The van der Waals surface area contributed by atoms with E-state index in [9.17, 15) is 22.8 Å². The van der Waals surface area contributed by atoms with Gasteiger partial charge in [-0.25, -0.2) is 0 Å². The summed E-state index contributed by atoms with van der Waals surface area (Å²) in [5.41, 5.74) is 1.53. The normalized spacial score (nSPS) is 11.4. The highest BCUT2D eigenvalue weighted by Crippen LogP contribution is 2.29. The molecule has 0 saturated heterocycles. The molecule has 1 heterocycles. The number of rotatable bonds is 5. The summed E-state index contributed by atoms with van der Waals surface area (Å²) < 4.78 is 39.5. The van der Waals surface area contributed by atoms with Crippen molar-refractivity contribution in [3.05, 3.63) is 99.5 Å². The molecule has 0 spiro atoms. The fraction of sp³-hybridized carbons (Fsp3) is 0.217. The zero-order chi connectivity index (χ0) is 21.9. The van der Waals surface area contributed by atoms with Gasteiger partial charge in [0.1, 0.15) is 0 Å². The third-order valence-electron chi connectivity index (χ3n) is 4.74. The van der Waals surface area contributed by atoms with Gasteiger partial charge in [-0.05, 0) is 55.3 Å². The van der Waals surface area contributed by atoms with Crippen molar-refractivity contribution in [2.75, 3.05) is 11.4 Å². The largest absolute Gasteiger partial charge is 0.416 e. The number of benzene rings is 2. The van der Waals surface area contributed by atoms with E-state index in [0.29, 0.717) is 17.7 Å². The molecule has 3 rings (SSSR count). The van der Waals surface area contributed by atoms with Crippen LogP contribution in [-0.4, -0.2) is 17.0 Å². The van der Waals surface area contributed by atoms with Crippen molar-refractivity contribution >= 4 is 11.6 Å². The van der Waals surface area contributed by atoms with Gasteiger partial charge in [-0.2, -0.15) is 13.2 Å². The Labute approximate surface area is 172 Å². The average Bonchev–Trinajstić information content (AvgIpc) is 2.70. The van der Waals surface area contributed by atoms with Crippen molar-refractivity contribution < 1.29 is 18.0 Å². The number of pyridine rings is 1. The predicted molar refractivity (Wildman–Crippen MR) is 110 cm³/mol. The van der Waals surface area contributed by atoms with E-state index in [0.717, 1.165) is 23.4 Å². The van der Waals surface area contributed by atoms with E-state index in [1.165, 1.54) is 35.0 Å². The van der Waals surface area contributed by atoms with Gasteiger partial charge in [0.25, 0.3) is 11.5 Å². The van der Waals surface area contributed by atoms with Crippen LogP contribution in [0, 0.1) is 6.92 Å². The molecule has 30 heavy (non-hydrogen) atoms. The molecule has 7 heteroatoms. The maximum atomic E-state index is 13.0. The van der Waals surface area contributed by atoms with Crippen molar-refractivity contribution in [2.24, 2.45) is 0 Å². The quantitative estimate of drug-likeness (QED) is 0.597. The summed E-state index contributed by atoms with van der Waals surface area (Å²) >= 11 is 0. The Kier molecular flexibility index (Phi) is 6.10. The van der Waals surface area contributed by atoms with Gasteiger partial charge in [-0.1, -0.05) is 24.3 Å². The van der Waals surface area contributed by atoms with Crippen LogP contribution in [0.5, 0.6) is 0 Å². The average molecular weight is 414 g/mol. The van der Waals surface area contributed by atoms with E-state index < -0.39 is 11.7 Å². The van der Waals surface area contributed by atoms with Crippen molar-refractivity contribution in [2.45, 2.75) is 26.6 Å². The number of aryl methyl sites for hydroxylation is 1. The number of hydrogen-bond acceptors (Lipinski definition) is 2. The van der Waals surface area contributed by atoms with Crippen LogP contribution in [0.1, 0.15) is 34.0 Å². The standard InChI is InChI=1S/C23H21F3N2O2/c1-3-28(20-6-4-5-16(2)13-20)22(30)18-9-12-21(29)27(15-18)14-17-7-10-19(11-8-17)23(24,25)26/h4-13,15H,3,14H2,1-2H3. The van der Waals surface area contributed by atoms with E-state index in [2.05, 4.69) is 0 Å². The Hall–Kier alpha value is -3.35. The van der Waals surface area contributed by atoms with Gasteiger partial charge >= 0.3 is 6.18 Å². The molecule has 2 aromatic carbocycles. The number of aromatic nitrogens is 1. The molecule has 0 fully saturated rings. The van der Waals surface area contributed by atoms with Crippen LogP contribution in [0.3, 0.4) is 0 Å². The SMILES string of the molecule is CCN(C(=O)c1ccc(=O)n(Cc2ccc(C(F)(F)F)cc2)c1)c1cccc(C)c1. The lowest BCUT2D eigenvalue weighted by atomic mass is 10.1. The first-order chi connectivity index (χ1) is 14.2. The number of nitrogens with zero attached hydrogens (tertiary/aromatic N) is 2. The summed E-state index contributed by atoms with van der Waals surface area (Å²) in [5, 5.41) is 0. The van der Waals surface area contributed by atoms with Gasteiger partial charge in [0.05, 0.1) is 17.7 Å². The Morgan fingerprint density at radius 1 is 1.03 bits per heavy atom. The number of carbonyl (C=O) groups excluding carboxylic acids is 1. The highest BCUT2D eigenvalue weighted by Gasteiger charge is 2.29. The van der Waals surface area contributed by atoms with E-state index in [-0.39, 0.29) is 18.0 Å². The number of carbonyl (C=O) groups is 1. The predicted octanol–water partition coefficient (Wildman–Crippen LogP) is 4.89. The van der Waals surface area contributed by atoms with Crippen molar-refractivity contribution in [1.82, 2.24) is 4.57 Å². The van der Waals surface area contributed by atoms with Crippen LogP contribution in [0.2, 0.25) is 0 Å². The van der Waals surface area contributed by atoms with E-state index in [4.69, 9.17) is 0 Å². The fourth-order valence-electron chi connectivity index (χ4n) is 3.17. The molecule has 1 aromatic heterocycles. The molecule has 1 amide bonds. The van der Waals surface area contributed by atoms with E-state index >= 15 is 0 Å². The van der Waals surface area contributed by atoms with E-state index in [1.807, 2.05) is 38.1 Å². The van der Waals surface area contributed by atoms with Crippen molar-refractivity contribution in [3.8, 4) is 0 Å². The second kappa shape index (κ2) is 8.57. The first-order valence-corrected chi connectivity index (χ1v) is 9.44. The maximum Gasteiger partial charge on any atom is 0.416 e. The highest BCUT2D eigenvalue weighted by molar-refractivity contribution is 6.05. The molecule has 0 radical (unpaired) electrons. The molecular formula is C23H21F3N2O2. The second-order valence-electron chi connectivity index (χ2n) is 6.97. The molecule has 3 aromatic rings. The zero-order valence-corrected chi connectivity index (χ0v) is 16.6. The summed E-state index contributed by atoms with van der Waals surface area (Å²) in [6.45, 7) is 4.31. The van der Waals surface area contributed by atoms with Crippen molar-refractivity contribution in [3.63, 3.8) is 0 Å². The lowest BCUT2D eigenvalue weighted by Gasteiger charge is -2.22. The second-order valence-corrected chi connectivity index (χ2v) is 6.97. The summed E-state index contributed by atoms with van der Waals surface area (Å²) in [6.07, 6.45) is -2.97. The Morgan fingerprint density at radius 3 is 2.33 bits per heavy atom. The van der Waals surface area contributed by atoms with Crippen molar-refractivity contribution in [1.29, 1.82) is 0 Å². The van der Waals surface area contributed by atoms with Crippen LogP contribution < -0.4 is 10.5 Å². The smallest absolute Gasteiger partial charge is 0.310 e. The monoisotopic (exact) mass is 414 g/mol. The lowest BCUT2D eigenvalue weighted by molar-refractivity contribution is -0.137. The minimum Gasteiger partial charge on any atom is -0.310 e. The molecule has 0 bridgehead atoms. The topological polar surface area (TPSA) is 42.3 Å². The molecule has 156 valence electrons. The first kappa shape index (κ1) is 21.4. The molecule has 4 nitrogen and oxygen atoms in total. The molecular weight excluding hydrogens is 393 g/mol. The van der Waals surface area contributed by atoms with Crippen LogP contribution in [0.25, 0.3) is 0 Å². The molecule has 0 atom stereocenters. The van der Waals surface area contributed by atoms with Crippen LogP contribution >= 0.6 is 0 Å². The molecule has 0 aliphatic heterocycles. The Balaban J connectivity index is 1.87. The molecule has 0 saturated carbocycles. The van der Waals surface area contributed by atoms with Gasteiger partial charge in [0.15, 0.2) is 0 Å². The van der Waals surface area contributed by atoms with Gasteiger partial charge in [0, 0.05) is 24.5 Å². The zero-order valence-electron chi connectivity index (χ0n) is 16.6. The number of hydrogen-bond donors (Lipinski definition) is 0. The van der Waals surface area contributed by atoms with Crippen LogP contribution in [0.15, 0.2) is 71.7 Å². The summed E-state index contributed by atoms with van der Waals surface area (Å²) in [6, 6.07) is 14.9. The number of halogens is 3. The third-order valence-corrected chi connectivity index (χ3v) is 4.74. The highest BCUT2D eigenvalue weighted by atomic mass is 19.4. The summed E-state index contributed by atoms with van der Waals surface area (Å²) in [4.78, 5) is 26.9. The van der Waals surface area contributed by atoms with Crippen LogP contribution in [-0.2, 0) is 12.7 Å². The minimum atomic E-state index is -4.42. The molecule has 0 aliphatic carbocycles. The fourth-order valence-corrected chi connectivity index (χ4v) is 3.17. The van der Waals surface area contributed by atoms with Crippen LogP contribution in [0.4, 0.5) is 18.9 Å². The third kappa shape index (κ3) is 4.79. The maximum absolute atomic E-state index is 13.0. The van der Waals surface area contributed by atoms with Gasteiger partial charge in [0.2, 0.25) is 0 Å². The first-order valence-electron chi connectivity index (χ1n) is 9.44. The molecule has 0 unspecified atom stereocenters. The number of alkyl halides is 3. The summed E-state index contributed by atoms with van der Waals surface area (Å²) in [5.74, 6) is -0.260. The number of amides is 1.